The fourth-order valence-corrected chi connectivity index (χ4v) is 3.30. The van der Waals surface area contributed by atoms with Crippen molar-refractivity contribution in [3.05, 3.63) is 41.5 Å². The molecule has 0 N–H and O–H groups in total. The van der Waals surface area contributed by atoms with Crippen LogP contribution in [0.1, 0.15) is 18.9 Å². The van der Waals surface area contributed by atoms with Crippen molar-refractivity contribution < 1.29 is 35.4 Å². The minimum Gasteiger partial charge on any atom is -0.463 e. The molecule has 0 unspecified atom stereocenters. The quantitative estimate of drug-likeness (QED) is 0.692. The van der Waals surface area contributed by atoms with Gasteiger partial charge in [0.05, 0.1) is 24.5 Å². The van der Waals surface area contributed by atoms with Crippen molar-refractivity contribution in [2.75, 3.05) is 19.7 Å². The molecule has 6 nitrogen and oxygen atoms in total. The van der Waals surface area contributed by atoms with Crippen molar-refractivity contribution >= 4 is 16.1 Å². The average Bonchev–Trinajstić information content (AvgIpc) is 2.54. The molecule has 1 aliphatic rings. The molecule has 10 heteroatoms. The smallest absolute Gasteiger partial charge is 0.393 e. The molecule has 0 aromatic heterocycles. The van der Waals surface area contributed by atoms with Gasteiger partial charge in [-0.05, 0) is 31.0 Å². The fourth-order valence-electron chi connectivity index (χ4n) is 2.34. The van der Waals surface area contributed by atoms with Gasteiger partial charge in [-0.3, -0.25) is 0 Å². The molecule has 0 aliphatic carbocycles. The monoisotopic (exact) mass is 393 g/mol. The van der Waals surface area contributed by atoms with E-state index in [0.717, 1.165) is 29.3 Å². The summed E-state index contributed by atoms with van der Waals surface area (Å²) in [7, 11) is -4.22. The van der Waals surface area contributed by atoms with Crippen LogP contribution < -0.4 is 0 Å². The van der Waals surface area contributed by atoms with Gasteiger partial charge >= 0.3 is 22.3 Å². The molecule has 26 heavy (non-hydrogen) atoms. The molecule has 0 saturated heterocycles. The average molecular weight is 393 g/mol. The molecule has 0 bridgehead atoms. The van der Waals surface area contributed by atoms with Gasteiger partial charge in [-0.1, -0.05) is 18.2 Å². The molecule has 0 saturated carbocycles. The van der Waals surface area contributed by atoms with Crippen molar-refractivity contribution in [3.63, 3.8) is 0 Å². The number of hydroxylamine groups is 2. The van der Waals surface area contributed by atoms with Crippen LogP contribution in [0.4, 0.5) is 13.2 Å². The highest BCUT2D eigenvalue weighted by atomic mass is 32.2. The van der Waals surface area contributed by atoms with Crippen LogP contribution in [0.5, 0.6) is 0 Å². The summed E-state index contributed by atoms with van der Waals surface area (Å²) in [6, 6.07) is 4.29. The lowest BCUT2D eigenvalue weighted by molar-refractivity contribution is -0.140. The number of ether oxygens (including phenoxy) is 1. The Morgan fingerprint density at radius 2 is 1.88 bits per heavy atom. The molecule has 2 rings (SSSR count). The highest BCUT2D eigenvalue weighted by Gasteiger charge is 2.29. The Morgan fingerprint density at radius 1 is 1.23 bits per heavy atom. The molecule has 0 atom stereocenters. The molecular weight excluding hydrogens is 375 g/mol. The summed E-state index contributed by atoms with van der Waals surface area (Å²) < 4.78 is 71.5. The molecule has 0 spiro atoms. The number of carbonyl (C=O) groups excluding carboxylic acids is 1. The Labute approximate surface area is 149 Å². The van der Waals surface area contributed by atoms with Gasteiger partial charge in [0.25, 0.3) is 0 Å². The summed E-state index contributed by atoms with van der Waals surface area (Å²) in [6.07, 6.45) is -3.47. The number of esters is 1. The lowest BCUT2D eigenvalue weighted by atomic mass is 10.1. The van der Waals surface area contributed by atoms with Crippen LogP contribution in [-0.2, 0) is 30.4 Å². The number of hydrogen-bond donors (Lipinski definition) is 0. The van der Waals surface area contributed by atoms with Crippen LogP contribution in [0, 0.1) is 0 Å². The summed E-state index contributed by atoms with van der Waals surface area (Å²) in [5.41, 5.74) is 0.232. The minimum atomic E-state index is -4.37. The van der Waals surface area contributed by atoms with Gasteiger partial charge in [-0.15, -0.1) is 0 Å². The second-order valence-corrected chi connectivity index (χ2v) is 7.10. The van der Waals surface area contributed by atoms with Gasteiger partial charge in [0.1, 0.15) is 0 Å². The first kappa shape index (κ1) is 20.4. The number of rotatable bonds is 6. The zero-order valence-electron chi connectivity index (χ0n) is 14.0. The molecule has 1 aromatic carbocycles. The van der Waals surface area contributed by atoms with Crippen LogP contribution in [0.3, 0.4) is 0 Å². The molecular formula is C16H18F3NO5S. The first-order valence-corrected chi connectivity index (χ1v) is 9.23. The van der Waals surface area contributed by atoms with Crippen molar-refractivity contribution in [1.29, 1.82) is 0 Å². The lowest BCUT2D eigenvalue weighted by Crippen LogP contribution is -2.35. The molecule has 1 aliphatic heterocycles. The normalized spacial score (nSPS) is 16.2. The van der Waals surface area contributed by atoms with Gasteiger partial charge in [-0.25, -0.2) is 4.79 Å². The Balaban J connectivity index is 2.04. The summed E-state index contributed by atoms with van der Waals surface area (Å²) >= 11 is 0. The van der Waals surface area contributed by atoms with Gasteiger partial charge in [-0.2, -0.15) is 30.9 Å². The fraction of sp³-hybridized carbons (Fsp3) is 0.438. The highest BCUT2D eigenvalue weighted by molar-refractivity contribution is 7.86. The van der Waals surface area contributed by atoms with E-state index in [9.17, 15) is 26.4 Å². The highest BCUT2D eigenvalue weighted by Crippen LogP contribution is 2.23. The third kappa shape index (κ3) is 5.82. The van der Waals surface area contributed by atoms with E-state index in [1.54, 1.807) is 13.0 Å². The van der Waals surface area contributed by atoms with Crippen LogP contribution in [0.2, 0.25) is 0 Å². The van der Waals surface area contributed by atoms with E-state index in [1.165, 1.54) is 0 Å². The van der Waals surface area contributed by atoms with Crippen molar-refractivity contribution in [2.45, 2.75) is 30.8 Å². The first-order valence-electron chi connectivity index (χ1n) is 7.82. The minimum absolute atomic E-state index is 0.0537. The summed E-state index contributed by atoms with van der Waals surface area (Å²) in [5, 5.41) is 1.10. The van der Waals surface area contributed by atoms with Crippen LogP contribution >= 0.6 is 0 Å². The SMILES string of the molecule is CCOC(=O)C1=CCCN(OS(=O)(=O)c2ccc(CC(F)(F)F)cc2)C1. The second-order valence-electron chi connectivity index (χ2n) is 5.57. The van der Waals surface area contributed by atoms with Gasteiger partial charge in [0.15, 0.2) is 0 Å². The number of alkyl halides is 3. The number of nitrogens with zero attached hydrogens (tertiary/aromatic N) is 1. The van der Waals surface area contributed by atoms with Gasteiger partial charge in [0, 0.05) is 12.1 Å². The Kier molecular flexibility index (Phi) is 6.43. The maximum atomic E-state index is 12.3. The van der Waals surface area contributed by atoms with Gasteiger partial charge < -0.3 is 4.74 Å². The maximum Gasteiger partial charge on any atom is 0.393 e. The summed E-state index contributed by atoms with van der Waals surface area (Å²) in [6.45, 7) is 2.03. The van der Waals surface area contributed by atoms with Gasteiger partial charge in [0.2, 0.25) is 0 Å². The van der Waals surface area contributed by atoms with Crippen molar-refractivity contribution in [2.24, 2.45) is 0 Å². The summed E-state index contributed by atoms with van der Waals surface area (Å²) in [4.78, 5) is 11.4. The van der Waals surface area contributed by atoms with Crippen LogP contribution in [0.15, 0.2) is 40.8 Å². The molecule has 0 fully saturated rings. The Morgan fingerprint density at radius 3 is 2.46 bits per heavy atom. The number of carbonyl (C=O) groups is 1. The van der Waals surface area contributed by atoms with E-state index in [2.05, 4.69) is 0 Å². The largest absolute Gasteiger partial charge is 0.463 e. The zero-order chi connectivity index (χ0) is 19.4. The molecule has 1 aromatic rings. The van der Waals surface area contributed by atoms with E-state index in [4.69, 9.17) is 9.02 Å². The number of halogens is 3. The van der Waals surface area contributed by atoms with E-state index < -0.39 is 28.7 Å². The predicted molar refractivity (Wildman–Crippen MR) is 85.4 cm³/mol. The van der Waals surface area contributed by atoms with Crippen LogP contribution in [0.25, 0.3) is 0 Å². The summed E-state index contributed by atoms with van der Waals surface area (Å²) in [5.74, 6) is -0.547. The predicted octanol–water partition coefficient (Wildman–Crippen LogP) is 2.61. The van der Waals surface area contributed by atoms with E-state index >= 15 is 0 Å². The topological polar surface area (TPSA) is 72.9 Å². The molecule has 144 valence electrons. The Hall–Kier alpha value is -1.91. The number of benzene rings is 1. The van der Waals surface area contributed by atoms with E-state index in [-0.39, 0.29) is 35.7 Å². The Bertz CT molecular complexity index is 772. The zero-order valence-corrected chi connectivity index (χ0v) is 14.8. The molecule has 1 heterocycles. The molecule has 0 radical (unpaired) electrons. The molecule has 0 amide bonds. The van der Waals surface area contributed by atoms with Crippen molar-refractivity contribution in [1.82, 2.24) is 5.06 Å². The standard InChI is InChI=1S/C16H18F3NO5S/c1-2-24-15(21)13-4-3-9-20(11-13)25-26(22,23)14-7-5-12(6-8-14)10-16(17,18)19/h4-8H,2-3,9-11H2,1H3. The number of hydrogen-bond acceptors (Lipinski definition) is 6. The van der Waals surface area contributed by atoms with Crippen LogP contribution in [-0.4, -0.2) is 45.3 Å². The van der Waals surface area contributed by atoms with E-state index in [1.807, 2.05) is 0 Å². The third-order valence-corrected chi connectivity index (χ3v) is 4.73. The van der Waals surface area contributed by atoms with Crippen molar-refractivity contribution in [3.8, 4) is 0 Å². The second kappa shape index (κ2) is 8.19. The third-order valence-electron chi connectivity index (χ3n) is 3.47. The maximum absolute atomic E-state index is 12.3. The van der Waals surface area contributed by atoms with E-state index in [0.29, 0.717) is 6.42 Å². The first-order chi connectivity index (χ1) is 12.1. The lowest BCUT2D eigenvalue weighted by Gasteiger charge is -2.24.